The lowest BCUT2D eigenvalue weighted by molar-refractivity contribution is 0.133. The van der Waals surface area contributed by atoms with Gasteiger partial charge in [0.2, 0.25) is 0 Å². The van der Waals surface area contributed by atoms with Gasteiger partial charge < -0.3 is 4.74 Å². The van der Waals surface area contributed by atoms with E-state index in [1.807, 2.05) is 24.3 Å². The van der Waals surface area contributed by atoms with Crippen LogP contribution in [0.2, 0.25) is 25.7 Å². The largest absolute Gasteiger partial charge is 0.377 e. The molecular formula is C13H19NOSi. The minimum atomic E-state index is -0.978. The Morgan fingerprint density at radius 1 is 1.19 bits per heavy atom. The molecule has 0 aliphatic heterocycles. The zero-order valence-electron chi connectivity index (χ0n) is 10.3. The van der Waals surface area contributed by atoms with Crippen LogP contribution in [0, 0.1) is 11.3 Å². The van der Waals surface area contributed by atoms with Crippen LogP contribution in [0.1, 0.15) is 11.1 Å². The van der Waals surface area contributed by atoms with Crippen molar-refractivity contribution in [1.82, 2.24) is 0 Å². The zero-order chi connectivity index (χ0) is 12.0. The lowest BCUT2D eigenvalue weighted by Crippen LogP contribution is -2.21. The third kappa shape index (κ3) is 5.10. The highest BCUT2D eigenvalue weighted by Gasteiger charge is 2.11. The van der Waals surface area contributed by atoms with Crippen molar-refractivity contribution < 1.29 is 4.74 Å². The van der Waals surface area contributed by atoms with Gasteiger partial charge >= 0.3 is 0 Å². The molecule has 0 aromatic heterocycles. The van der Waals surface area contributed by atoms with Gasteiger partial charge in [-0.3, -0.25) is 0 Å². The van der Waals surface area contributed by atoms with Gasteiger partial charge in [-0.2, -0.15) is 5.26 Å². The van der Waals surface area contributed by atoms with Crippen LogP contribution < -0.4 is 0 Å². The number of ether oxygens (including phenoxy) is 1. The predicted molar refractivity (Wildman–Crippen MR) is 69.0 cm³/mol. The van der Waals surface area contributed by atoms with Crippen LogP contribution in [0.3, 0.4) is 0 Å². The quantitative estimate of drug-likeness (QED) is 0.577. The van der Waals surface area contributed by atoms with Crippen molar-refractivity contribution in [3.63, 3.8) is 0 Å². The molecule has 1 aromatic rings. The topological polar surface area (TPSA) is 33.0 Å². The molecule has 16 heavy (non-hydrogen) atoms. The van der Waals surface area contributed by atoms with Gasteiger partial charge in [0.15, 0.2) is 0 Å². The Labute approximate surface area is 98.9 Å². The van der Waals surface area contributed by atoms with E-state index in [9.17, 15) is 0 Å². The van der Waals surface area contributed by atoms with Crippen LogP contribution in [0.4, 0.5) is 0 Å². The molecule has 0 aliphatic rings. The number of hydrogen-bond acceptors (Lipinski definition) is 2. The zero-order valence-corrected chi connectivity index (χ0v) is 11.3. The van der Waals surface area contributed by atoms with E-state index in [4.69, 9.17) is 10.00 Å². The lowest BCUT2D eigenvalue weighted by Gasteiger charge is -2.15. The van der Waals surface area contributed by atoms with E-state index in [1.165, 1.54) is 6.04 Å². The number of nitriles is 1. The van der Waals surface area contributed by atoms with Crippen molar-refractivity contribution in [2.75, 3.05) is 6.61 Å². The monoisotopic (exact) mass is 233 g/mol. The van der Waals surface area contributed by atoms with E-state index in [1.54, 1.807) is 0 Å². The summed E-state index contributed by atoms with van der Waals surface area (Å²) in [6.45, 7) is 8.53. The summed E-state index contributed by atoms with van der Waals surface area (Å²) in [4.78, 5) is 0. The first-order chi connectivity index (χ1) is 7.51. The molecule has 0 bridgehead atoms. The fourth-order valence-corrected chi connectivity index (χ4v) is 2.00. The maximum Gasteiger partial charge on any atom is 0.0991 e. The van der Waals surface area contributed by atoms with Gasteiger partial charge in [0.1, 0.15) is 0 Å². The molecule has 0 saturated carbocycles. The third-order valence-corrected chi connectivity index (χ3v) is 4.05. The number of hydrogen-bond donors (Lipinski definition) is 0. The molecule has 0 fully saturated rings. The van der Waals surface area contributed by atoms with Crippen molar-refractivity contribution in [2.45, 2.75) is 32.3 Å². The molecule has 0 aliphatic carbocycles. The molecule has 86 valence electrons. The first-order valence-corrected chi connectivity index (χ1v) is 9.29. The highest BCUT2D eigenvalue weighted by molar-refractivity contribution is 6.76. The Bertz CT molecular complexity index is 359. The summed E-state index contributed by atoms with van der Waals surface area (Å²) < 4.78 is 5.62. The average Bonchev–Trinajstić information content (AvgIpc) is 2.24. The normalized spacial score (nSPS) is 11.1. The Balaban J connectivity index is 2.30. The van der Waals surface area contributed by atoms with Crippen LogP contribution in [-0.2, 0) is 11.3 Å². The average molecular weight is 233 g/mol. The number of nitrogens with zero attached hydrogens (tertiary/aromatic N) is 1. The van der Waals surface area contributed by atoms with E-state index in [-0.39, 0.29) is 0 Å². The highest BCUT2D eigenvalue weighted by Crippen LogP contribution is 2.09. The van der Waals surface area contributed by atoms with Gasteiger partial charge in [0.25, 0.3) is 0 Å². The SMILES string of the molecule is C[Si](C)(C)CCOCc1ccc(C#N)cc1. The summed E-state index contributed by atoms with van der Waals surface area (Å²) in [7, 11) is -0.978. The van der Waals surface area contributed by atoms with Crippen molar-refractivity contribution in [3.05, 3.63) is 35.4 Å². The second kappa shape index (κ2) is 5.83. The summed E-state index contributed by atoms with van der Waals surface area (Å²) in [5.74, 6) is 0. The van der Waals surface area contributed by atoms with Crippen LogP contribution in [0.25, 0.3) is 0 Å². The maximum atomic E-state index is 8.66. The van der Waals surface area contributed by atoms with Gasteiger partial charge in [0.05, 0.1) is 18.2 Å². The van der Waals surface area contributed by atoms with Crippen molar-refractivity contribution >= 4 is 8.07 Å². The Morgan fingerprint density at radius 3 is 2.31 bits per heavy atom. The molecule has 0 spiro atoms. The van der Waals surface area contributed by atoms with E-state index in [0.29, 0.717) is 12.2 Å². The molecule has 0 atom stereocenters. The smallest absolute Gasteiger partial charge is 0.0991 e. The van der Waals surface area contributed by atoms with Crippen molar-refractivity contribution in [3.8, 4) is 6.07 Å². The van der Waals surface area contributed by atoms with Crippen LogP contribution in [0.5, 0.6) is 0 Å². The van der Waals surface area contributed by atoms with Gasteiger partial charge in [0, 0.05) is 14.7 Å². The summed E-state index contributed by atoms with van der Waals surface area (Å²) in [5.41, 5.74) is 1.83. The maximum absolute atomic E-state index is 8.66. The van der Waals surface area contributed by atoms with Crippen LogP contribution in [-0.4, -0.2) is 14.7 Å². The third-order valence-electron chi connectivity index (χ3n) is 2.35. The van der Waals surface area contributed by atoms with E-state index >= 15 is 0 Å². The van der Waals surface area contributed by atoms with Crippen LogP contribution >= 0.6 is 0 Å². The van der Waals surface area contributed by atoms with Crippen molar-refractivity contribution in [1.29, 1.82) is 5.26 Å². The standard InChI is InChI=1S/C13H19NOSi/c1-16(2,3)9-8-15-11-13-6-4-12(10-14)5-7-13/h4-7H,8-9,11H2,1-3H3. The summed E-state index contributed by atoms with van der Waals surface area (Å²) in [6, 6.07) is 10.9. The molecule has 0 amide bonds. The second-order valence-electron chi connectivity index (χ2n) is 5.17. The van der Waals surface area contributed by atoms with E-state index < -0.39 is 8.07 Å². The van der Waals surface area contributed by atoms with Gasteiger partial charge in [-0.25, -0.2) is 0 Å². The minimum absolute atomic E-state index is 0.649. The minimum Gasteiger partial charge on any atom is -0.377 e. The molecule has 1 aromatic carbocycles. The molecule has 0 radical (unpaired) electrons. The van der Waals surface area contributed by atoms with Crippen molar-refractivity contribution in [2.24, 2.45) is 0 Å². The first kappa shape index (κ1) is 13.0. The van der Waals surface area contributed by atoms with Gasteiger partial charge in [-0.1, -0.05) is 31.8 Å². The van der Waals surface area contributed by atoms with E-state index in [0.717, 1.165) is 12.2 Å². The molecular weight excluding hydrogens is 214 g/mol. The Kier molecular flexibility index (Phi) is 4.72. The number of rotatable bonds is 5. The molecule has 0 saturated heterocycles. The summed E-state index contributed by atoms with van der Waals surface area (Å²) in [5, 5.41) is 8.66. The predicted octanol–water partition coefficient (Wildman–Crippen LogP) is 3.41. The molecule has 1 rings (SSSR count). The van der Waals surface area contributed by atoms with E-state index in [2.05, 4.69) is 25.7 Å². The molecule has 0 heterocycles. The lowest BCUT2D eigenvalue weighted by atomic mass is 10.2. The Morgan fingerprint density at radius 2 is 1.81 bits per heavy atom. The molecule has 0 unspecified atom stereocenters. The molecule has 3 heteroatoms. The Hall–Kier alpha value is -1.11. The molecule has 2 nitrogen and oxygen atoms in total. The number of benzene rings is 1. The van der Waals surface area contributed by atoms with Gasteiger partial charge in [-0.05, 0) is 23.7 Å². The molecule has 0 N–H and O–H groups in total. The highest BCUT2D eigenvalue weighted by atomic mass is 28.3. The van der Waals surface area contributed by atoms with Crippen LogP contribution in [0.15, 0.2) is 24.3 Å². The fraction of sp³-hybridized carbons (Fsp3) is 0.462. The van der Waals surface area contributed by atoms with Gasteiger partial charge in [-0.15, -0.1) is 0 Å². The first-order valence-electron chi connectivity index (χ1n) is 5.58. The fourth-order valence-electron chi connectivity index (χ4n) is 1.24. The summed E-state index contributed by atoms with van der Waals surface area (Å²) >= 11 is 0. The second-order valence-corrected chi connectivity index (χ2v) is 10.8. The summed E-state index contributed by atoms with van der Waals surface area (Å²) in [6.07, 6.45) is 0.